The molecule has 2 saturated heterocycles. The van der Waals surface area contributed by atoms with Crippen LogP contribution >= 0.6 is 0 Å². The van der Waals surface area contributed by atoms with Gasteiger partial charge in [0.2, 0.25) is 5.91 Å². The van der Waals surface area contributed by atoms with Crippen LogP contribution in [-0.4, -0.2) is 77.5 Å². The highest BCUT2D eigenvalue weighted by Gasteiger charge is 2.41. The van der Waals surface area contributed by atoms with Gasteiger partial charge in [0, 0.05) is 44.8 Å². The van der Waals surface area contributed by atoms with Crippen LogP contribution in [0.5, 0.6) is 0 Å². The number of carbonyl (C=O) groups is 1. The quantitative estimate of drug-likeness (QED) is 0.574. The number of alkyl halides is 3. The van der Waals surface area contributed by atoms with Gasteiger partial charge >= 0.3 is 6.18 Å². The number of carbonyl (C=O) groups excluding carboxylic acids is 1. The molecular formula is C27H32F3N7O3. The first kappa shape index (κ1) is 27.9. The molecule has 2 aromatic heterocycles. The van der Waals surface area contributed by atoms with Gasteiger partial charge in [-0.1, -0.05) is 0 Å². The van der Waals surface area contributed by atoms with Crippen molar-refractivity contribution < 1.29 is 22.7 Å². The predicted molar refractivity (Wildman–Crippen MR) is 140 cm³/mol. The molecule has 3 aliphatic rings. The number of aromatic nitrogens is 3. The van der Waals surface area contributed by atoms with Crippen LogP contribution in [0.3, 0.4) is 0 Å². The van der Waals surface area contributed by atoms with Crippen LogP contribution < -0.4 is 15.4 Å². The maximum absolute atomic E-state index is 13.6. The molecule has 1 N–H and O–H groups in total. The third-order valence-electron chi connectivity index (χ3n) is 8.15. The molecule has 3 fully saturated rings. The smallest absolute Gasteiger partial charge is 0.376 e. The van der Waals surface area contributed by atoms with Crippen molar-refractivity contribution >= 4 is 17.4 Å². The van der Waals surface area contributed by atoms with Crippen molar-refractivity contribution in [2.45, 2.75) is 56.8 Å². The number of aromatic amines is 1. The summed E-state index contributed by atoms with van der Waals surface area (Å²) in [5, 5.41) is 14.4. The minimum Gasteiger partial charge on any atom is -0.376 e. The second kappa shape index (κ2) is 11.8. The predicted octanol–water partition coefficient (Wildman–Crippen LogP) is 2.95. The Labute approximate surface area is 229 Å². The van der Waals surface area contributed by atoms with Crippen LogP contribution in [0.1, 0.15) is 49.7 Å². The molecule has 10 nitrogen and oxygen atoms in total. The van der Waals surface area contributed by atoms with Gasteiger partial charge in [0.25, 0.3) is 5.56 Å². The average Bonchev–Trinajstić information content (AvgIpc) is 3.44. The standard InChI is InChI=1S/C27H32F3N7O3/c28-27(29,30)24-22(16-33-34-25(24)38)37-9-1-2-20(37)17-40-21-6-4-19(5-7-21)26(39)36-12-10-35(11-13-36)23-8-3-18(14-31)15-32-23/h3,8,15-16,19-21H,1-2,4-7,9-13,17H2,(H,34,38)/t19-,20-,21-/m0/s1. The Morgan fingerprint density at radius 2 is 1.82 bits per heavy atom. The van der Waals surface area contributed by atoms with E-state index in [1.54, 1.807) is 17.2 Å². The van der Waals surface area contributed by atoms with Gasteiger partial charge in [0.15, 0.2) is 0 Å². The van der Waals surface area contributed by atoms with Crippen LogP contribution in [0.4, 0.5) is 24.7 Å². The summed E-state index contributed by atoms with van der Waals surface area (Å²) in [6.45, 7) is 3.26. The maximum atomic E-state index is 13.6. The Morgan fingerprint density at radius 1 is 1.07 bits per heavy atom. The Hall–Kier alpha value is -3.66. The molecule has 2 aliphatic heterocycles. The van der Waals surface area contributed by atoms with E-state index in [1.165, 1.54) is 0 Å². The Bertz CT molecular complexity index is 1280. The molecule has 2 aromatic rings. The summed E-state index contributed by atoms with van der Waals surface area (Å²) in [5.41, 5.74) is -2.15. The first-order valence-corrected chi connectivity index (χ1v) is 13.7. The second-order valence-corrected chi connectivity index (χ2v) is 10.6. The molecule has 1 aliphatic carbocycles. The van der Waals surface area contributed by atoms with Gasteiger partial charge in [-0.2, -0.15) is 23.5 Å². The molecule has 4 heterocycles. The highest BCUT2D eigenvalue weighted by molar-refractivity contribution is 5.79. The SMILES string of the molecule is N#Cc1ccc(N2CCN(C(=O)[C@H]3CC[C@H](OC[C@@H]4CCCN4c4cn[nH]c(=O)c4C(F)(F)F)CC3)CC2)nc1. The summed E-state index contributed by atoms with van der Waals surface area (Å²) < 4.78 is 46.9. The summed E-state index contributed by atoms with van der Waals surface area (Å²) in [6, 6.07) is 5.36. The van der Waals surface area contributed by atoms with E-state index in [9.17, 15) is 22.8 Å². The number of rotatable bonds is 6. The molecule has 5 rings (SSSR count). The third-order valence-corrected chi connectivity index (χ3v) is 8.15. The van der Waals surface area contributed by atoms with Crippen LogP contribution in [0.2, 0.25) is 0 Å². The number of amides is 1. The summed E-state index contributed by atoms with van der Waals surface area (Å²) >= 11 is 0. The fourth-order valence-electron chi connectivity index (χ4n) is 5.98. The zero-order valence-electron chi connectivity index (χ0n) is 22.1. The fraction of sp³-hybridized carbons (Fsp3) is 0.593. The molecule has 40 heavy (non-hydrogen) atoms. The van der Waals surface area contributed by atoms with Crippen molar-refractivity contribution in [3.8, 4) is 6.07 Å². The monoisotopic (exact) mass is 559 g/mol. The van der Waals surface area contributed by atoms with E-state index in [4.69, 9.17) is 10.00 Å². The normalized spacial score (nSPS) is 23.8. The lowest BCUT2D eigenvalue weighted by atomic mass is 9.86. The second-order valence-electron chi connectivity index (χ2n) is 10.6. The number of hydrogen-bond acceptors (Lipinski definition) is 8. The lowest BCUT2D eigenvalue weighted by Gasteiger charge is -2.38. The molecule has 214 valence electrons. The molecule has 0 bridgehead atoms. The molecule has 13 heteroatoms. The van der Waals surface area contributed by atoms with Gasteiger partial charge in [-0.15, -0.1) is 0 Å². The summed E-state index contributed by atoms with van der Waals surface area (Å²) in [4.78, 5) is 35.1. The van der Waals surface area contributed by atoms with Gasteiger partial charge in [-0.3, -0.25) is 9.59 Å². The lowest BCUT2D eigenvalue weighted by Crippen LogP contribution is -2.51. The number of nitrogens with zero attached hydrogens (tertiary/aromatic N) is 6. The molecule has 1 atom stereocenters. The number of halogens is 3. The van der Waals surface area contributed by atoms with Crippen LogP contribution in [0, 0.1) is 17.2 Å². The summed E-state index contributed by atoms with van der Waals surface area (Å²) in [6.07, 6.45) is 2.03. The van der Waals surface area contributed by atoms with Crippen molar-refractivity contribution in [3.63, 3.8) is 0 Å². The molecule has 1 saturated carbocycles. The Kier molecular flexibility index (Phi) is 8.25. The van der Waals surface area contributed by atoms with E-state index in [0.29, 0.717) is 64.0 Å². The molecule has 1 amide bonds. The van der Waals surface area contributed by atoms with Crippen molar-refractivity contribution in [1.82, 2.24) is 20.1 Å². The Morgan fingerprint density at radius 3 is 2.48 bits per heavy atom. The van der Waals surface area contributed by atoms with E-state index >= 15 is 0 Å². The van der Waals surface area contributed by atoms with Crippen molar-refractivity contribution in [2.24, 2.45) is 5.92 Å². The molecule has 0 radical (unpaired) electrons. The van der Waals surface area contributed by atoms with E-state index in [2.05, 4.69) is 21.1 Å². The number of pyridine rings is 1. The first-order chi connectivity index (χ1) is 19.2. The van der Waals surface area contributed by atoms with Crippen LogP contribution in [-0.2, 0) is 15.7 Å². The minimum absolute atomic E-state index is 0.0507. The van der Waals surface area contributed by atoms with Gasteiger partial charge in [-0.05, 0) is 50.7 Å². The van der Waals surface area contributed by atoms with Gasteiger partial charge < -0.3 is 19.4 Å². The largest absolute Gasteiger partial charge is 0.423 e. The summed E-state index contributed by atoms with van der Waals surface area (Å²) in [5.74, 6) is 0.905. The first-order valence-electron chi connectivity index (χ1n) is 13.7. The van der Waals surface area contributed by atoms with Crippen LogP contribution in [0.25, 0.3) is 0 Å². The van der Waals surface area contributed by atoms with Gasteiger partial charge in [0.1, 0.15) is 17.5 Å². The van der Waals surface area contributed by atoms with Crippen molar-refractivity contribution in [1.29, 1.82) is 5.26 Å². The molecule has 0 spiro atoms. The highest BCUT2D eigenvalue weighted by atomic mass is 19.4. The number of nitriles is 1. The fourth-order valence-corrected chi connectivity index (χ4v) is 5.98. The van der Waals surface area contributed by atoms with E-state index in [1.807, 2.05) is 16.1 Å². The zero-order chi connectivity index (χ0) is 28.3. The van der Waals surface area contributed by atoms with Crippen LogP contribution in [0.15, 0.2) is 29.3 Å². The van der Waals surface area contributed by atoms with E-state index in [0.717, 1.165) is 24.9 Å². The molecule has 0 aromatic carbocycles. The number of piperazine rings is 1. The van der Waals surface area contributed by atoms with Gasteiger partial charge in [-0.25, -0.2) is 10.1 Å². The number of H-pyrrole nitrogens is 1. The lowest BCUT2D eigenvalue weighted by molar-refractivity contribution is -0.139. The van der Waals surface area contributed by atoms with Gasteiger partial charge in [0.05, 0.1) is 36.2 Å². The topological polar surface area (TPSA) is 118 Å². The average molecular weight is 560 g/mol. The minimum atomic E-state index is -4.78. The Balaban J connectivity index is 1.09. The van der Waals surface area contributed by atoms with E-state index < -0.39 is 17.3 Å². The van der Waals surface area contributed by atoms with Crippen molar-refractivity contribution in [3.05, 3.63) is 46.0 Å². The zero-order valence-corrected chi connectivity index (χ0v) is 22.1. The molecule has 0 unspecified atom stereocenters. The number of anilines is 2. The summed E-state index contributed by atoms with van der Waals surface area (Å²) in [7, 11) is 0. The third kappa shape index (κ3) is 6.06. The highest BCUT2D eigenvalue weighted by Crippen LogP contribution is 2.37. The maximum Gasteiger partial charge on any atom is 0.423 e. The van der Waals surface area contributed by atoms with E-state index in [-0.39, 0.29) is 36.3 Å². The number of nitrogens with one attached hydrogen (secondary N) is 1. The number of ether oxygens (including phenoxy) is 1. The molecular weight excluding hydrogens is 527 g/mol. The number of hydrogen-bond donors (Lipinski definition) is 1. The van der Waals surface area contributed by atoms with Crippen molar-refractivity contribution in [2.75, 3.05) is 49.1 Å².